The molecule has 0 bridgehead atoms. The molecule has 0 fully saturated rings. The van der Waals surface area contributed by atoms with E-state index in [0.717, 1.165) is 39.0 Å². The highest BCUT2D eigenvalue weighted by Crippen LogP contribution is 2.21. The smallest absolute Gasteiger partial charge is 0.224 e. The van der Waals surface area contributed by atoms with Crippen LogP contribution >= 0.6 is 0 Å². The Balaban J connectivity index is 1.42. The van der Waals surface area contributed by atoms with Crippen molar-refractivity contribution in [1.29, 1.82) is 0 Å². The van der Waals surface area contributed by atoms with Crippen LogP contribution in [-0.4, -0.2) is 23.0 Å². The molecule has 4 rings (SSSR count). The maximum atomic E-state index is 12.5. The molecule has 0 saturated carbocycles. The first kappa shape index (κ1) is 18.6. The van der Waals surface area contributed by atoms with Gasteiger partial charge in [-0.1, -0.05) is 42.5 Å². The van der Waals surface area contributed by atoms with E-state index < -0.39 is 0 Å². The van der Waals surface area contributed by atoms with Crippen molar-refractivity contribution in [3.63, 3.8) is 0 Å². The number of carbonyl (C=O) groups excluding carboxylic acids is 1. The molecular formula is C24H21N3O2. The van der Waals surface area contributed by atoms with E-state index in [1.165, 1.54) is 6.33 Å². The Morgan fingerprint density at radius 2 is 1.76 bits per heavy atom. The lowest BCUT2D eigenvalue weighted by Gasteiger charge is -2.09. The molecule has 0 spiro atoms. The largest absolute Gasteiger partial charge is 0.497 e. The van der Waals surface area contributed by atoms with Gasteiger partial charge in [0.2, 0.25) is 5.91 Å². The van der Waals surface area contributed by atoms with Crippen molar-refractivity contribution in [2.45, 2.75) is 13.0 Å². The second-order valence-corrected chi connectivity index (χ2v) is 6.71. The number of nitrogens with zero attached hydrogens (tertiary/aromatic N) is 2. The Bertz CT molecular complexity index is 1130. The zero-order chi connectivity index (χ0) is 20.1. The number of amides is 1. The van der Waals surface area contributed by atoms with Crippen molar-refractivity contribution in [2.24, 2.45) is 0 Å². The van der Waals surface area contributed by atoms with Gasteiger partial charge in [0.05, 0.1) is 31.5 Å². The topological polar surface area (TPSA) is 64.1 Å². The molecule has 0 radical (unpaired) electrons. The van der Waals surface area contributed by atoms with Crippen molar-refractivity contribution >= 4 is 16.7 Å². The number of hydrogen-bond donors (Lipinski definition) is 1. The third-order valence-corrected chi connectivity index (χ3v) is 4.81. The average Bonchev–Trinajstić information content (AvgIpc) is 2.78. The molecule has 0 saturated heterocycles. The molecule has 144 valence electrons. The molecule has 0 atom stereocenters. The minimum atomic E-state index is -0.0361. The number of aromatic nitrogens is 2. The van der Waals surface area contributed by atoms with Gasteiger partial charge in [-0.3, -0.25) is 4.79 Å². The van der Waals surface area contributed by atoms with E-state index in [1.54, 1.807) is 7.11 Å². The van der Waals surface area contributed by atoms with Crippen LogP contribution in [0, 0.1) is 0 Å². The molecule has 29 heavy (non-hydrogen) atoms. The molecule has 0 unspecified atom stereocenters. The molecule has 5 nitrogen and oxygen atoms in total. The summed E-state index contributed by atoms with van der Waals surface area (Å²) in [5, 5.41) is 5.20. The fourth-order valence-corrected chi connectivity index (χ4v) is 3.29. The molecule has 1 heterocycles. The molecule has 0 aliphatic carbocycles. The Kier molecular flexibility index (Phi) is 5.47. The number of nitrogens with one attached hydrogen (secondary N) is 1. The summed E-state index contributed by atoms with van der Waals surface area (Å²) in [4.78, 5) is 21.1. The second kappa shape index (κ2) is 8.52. The average molecular weight is 383 g/mol. The number of rotatable bonds is 6. The maximum Gasteiger partial charge on any atom is 0.224 e. The molecule has 1 aromatic heterocycles. The molecule has 1 amide bonds. The van der Waals surface area contributed by atoms with Crippen LogP contribution in [0.15, 0.2) is 79.1 Å². The van der Waals surface area contributed by atoms with Crippen molar-refractivity contribution in [1.82, 2.24) is 15.3 Å². The van der Waals surface area contributed by atoms with E-state index in [4.69, 9.17) is 4.74 Å². The van der Waals surface area contributed by atoms with E-state index in [0.29, 0.717) is 13.0 Å². The van der Waals surface area contributed by atoms with Gasteiger partial charge in [0, 0.05) is 5.56 Å². The predicted octanol–water partition coefficient (Wildman–Crippen LogP) is 4.16. The fraction of sp³-hybridized carbons (Fsp3) is 0.125. The molecule has 5 heteroatoms. The summed E-state index contributed by atoms with van der Waals surface area (Å²) in [5.41, 5.74) is 3.55. The van der Waals surface area contributed by atoms with Crippen LogP contribution in [0.3, 0.4) is 0 Å². The molecule has 0 aliphatic heterocycles. The number of fused-ring (bicyclic) bond motifs is 1. The molecule has 4 aromatic rings. The fourth-order valence-electron chi connectivity index (χ4n) is 3.29. The first-order chi connectivity index (χ1) is 14.2. The number of benzene rings is 3. The highest BCUT2D eigenvalue weighted by Gasteiger charge is 2.08. The first-order valence-corrected chi connectivity index (χ1v) is 9.41. The van der Waals surface area contributed by atoms with E-state index in [1.807, 2.05) is 60.7 Å². The number of methoxy groups -OCH3 is 1. The third-order valence-electron chi connectivity index (χ3n) is 4.81. The standard InChI is InChI=1S/C24H21N3O2/c1-29-21-11-9-18(10-12-21)23-14-20(26-16-27-23)15-25-24(28)13-19-7-4-6-17-5-2-3-8-22(17)19/h2-12,14,16H,13,15H2,1H3,(H,25,28). The van der Waals surface area contributed by atoms with Gasteiger partial charge in [-0.2, -0.15) is 0 Å². The summed E-state index contributed by atoms with van der Waals surface area (Å²) >= 11 is 0. The van der Waals surface area contributed by atoms with Crippen molar-refractivity contribution in [3.05, 3.63) is 90.4 Å². The van der Waals surface area contributed by atoms with Gasteiger partial charge in [0.25, 0.3) is 0 Å². The van der Waals surface area contributed by atoms with Crippen LogP contribution in [0.5, 0.6) is 5.75 Å². The van der Waals surface area contributed by atoms with Gasteiger partial charge >= 0.3 is 0 Å². The zero-order valence-corrected chi connectivity index (χ0v) is 16.1. The monoisotopic (exact) mass is 383 g/mol. The van der Waals surface area contributed by atoms with Crippen LogP contribution in [0.1, 0.15) is 11.3 Å². The third kappa shape index (κ3) is 4.41. The van der Waals surface area contributed by atoms with Gasteiger partial charge in [0.1, 0.15) is 12.1 Å². The Labute approximate surface area is 169 Å². The van der Waals surface area contributed by atoms with Crippen LogP contribution < -0.4 is 10.1 Å². The van der Waals surface area contributed by atoms with Crippen molar-refractivity contribution < 1.29 is 9.53 Å². The molecule has 3 aromatic carbocycles. The zero-order valence-electron chi connectivity index (χ0n) is 16.1. The Morgan fingerprint density at radius 3 is 2.59 bits per heavy atom. The Hall–Kier alpha value is -3.73. The minimum absolute atomic E-state index is 0.0361. The van der Waals surface area contributed by atoms with Crippen LogP contribution in [0.4, 0.5) is 0 Å². The summed E-state index contributed by atoms with van der Waals surface area (Å²) in [5.74, 6) is 0.759. The molecule has 0 aliphatic rings. The van der Waals surface area contributed by atoms with Crippen LogP contribution in [-0.2, 0) is 17.8 Å². The van der Waals surface area contributed by atoms with Crippen LogP contribution in [0.25, 0.3) is 22.0 Å². The summed E-state index contributed by atoms with van der Waals surface area (Å²) in [6.45, 7) is 0.356. The highest BCUT2D eigenvalue weighted by atomic mass is 16.5. The minimum Gasteiger partial charge on any atom is -0.497 e. The van der Waals surface area contributed by atoms with Gasteiger partial charge in [-0.25, -0.2) is 9.97 Å². The SMILES string of the molecule is COc1ccc(-c2cc(CNC(=O)Cc3cccc4ccccc34)ncn2)cc1. The van der Waals surface area contributed by atoms with Gasteiger partial charge < -0.3 is 10.1 Å². The lowest BCUT2D eigenvalue weighted by atomic mass is 10.0. The molecule has 1 N–H and O–H groups in total. The predicted molar refractivity (Wildman–Crippen MR) is 114 cm³/mol. The summed E-state index contributed by atoms with van der Waals surface area (Å²) < 4.78 is 5.19. The van der Waals surface area contributed by atoms with E-state index in [2.05, 4.69) is 27.4 Å². The summed E-state index contributed by atoms with van der Waals surface area (Å²) in [6.07, 6.45) is 1.85. The van der Waals surface area contributed by atoms with Gasteiger partial charge in [-0.05, 0) is 46.7 Å². The number of hydrogen-bond acceptors (Lipinski definition) is 4. The maximum absolute atomic E-state index is 12.5. The van der Waals surface area contributed by atoms with E-state index in [9.17, 15) is 4.79 Å². The van der Waals surface area contributed by atoms with Crippen molar-refractivity contribution in [2.75, 3.05) is 7.11 Å². The number of carbonyl (C=O) groups is 1. The van der Waals surface area contributed by atoms with E-state index >= 15 is 0 Å². The highest BCUT2D eigenvalue weighted by molar-refractivity contribution is 5.90. The normalized spacial score (nSPS) is 10.7. The van der Waals surface area contributed by atoms with E-state index in [-0.39, 0.29) is 5.91 Å². The lowest BCUT2D eigenvalue weighted by molar-refractivity contribution is -0.120. The molecular weight excluding hydrogens is 362 g/mol. The van der Waals surface area contributed by atoms with Crippen LogP contribution in [0.2, 0.25) is 0 Å². The summed E-state index contributed by atoms with van der Waals surface area (Å²) in [7, 11) is 1.64. The lowest BCUT2D eigenvalue weighted by Crippen LogP contribution is -2.25. The first-order valence-electron chi connectivity index (χ1n) is 9.41. The second-order valence-electron chi connectivity index (χ2n) is 6.71. The summed E-state index contributed by atoms with van der Waals surface area (Å²) in [6, 6.07) is 23.7. The van der Waals surface area contributed by atoms with Gasteiger partial charge in [-0.15, -0.1) is 0 Å². The number of ether oxygens (including phenoxy) is 1. The Morgan fingerprint density at radius 1 is 0.966 bits per heavy atom. The van der Waals surface area contributed by atoms with Crippen molar-refractivity contribution in [3.8, 4) is 17.0 Å². The quantitative estimate of drug-likeness (QED) is 0.543. The van der Waals surface area contributed by atoms with Gasteiger partial charge in [0.15, 0.2) is 0 Å².